The Morgan fingerprint density at radius 3 is 2.79 bits per heavy atom. The molecule has 0 fully saturated rings. The minimum Gasteiger partial charge on any atom is -0.324 e. The molecule has 0 saturated heterocycles. The summed E-state index contributed by atoms with van der Waals surface area (Å²) >= 11 is 1.75. The van der Waals surface area contributed by atoms with Crippen molar-refractivity contribution in [1.82, 2.24) is 4.98 Å². The Bertz CT molecular complexity index is 574. The SMILES string of the molecule is Cc1cnc(CC(N)c2ccc3c(c2)CCCC3)s1. The number of rotatable bonds is 3. The number of nitrogens with two attached hydrogens (primary N) is 1. The third-order valence-electron chi connectivity index (χ3n) is 3.86. The number of hydrogen-bond acceptors (Lipinski definition) is 3. The summed E-state index contributed by atoms with van der Waals surface area (Å²) in [5, 5.41) is 1.14. The molecule has 3 rings (SSSR count). The van der Waals surface area contributed by atoms with Gasteiger partial charge in [0.1, 0.15) is 0 Å². The first-order valence-electron chi connectivity index (χ1n) is 7.01. The Morgan fingerprint density at radius 1 is 1.26 bits per heavy atom. The van der Waals surface area contributed by atoms with Crippen molar-refractivity contribution < 1.29 is 0 Å². The van der Waals surface area contributed by atoms with E-state index in [1.165, 1.54) is 47.3 Å². The van der Waals surface area contributed by atoms with Gasteiger partial charge in [-0.05, 0) is 49.3 Å². The van der Waals surface area contributed by atoms with Gasteiger partial charge in [0.2, 0.25) is 0 Å². The lowest BCUT2D eigenvalue weighted by atomic mass is 9.89. The zero-order chi connectivity index (χ0) is 13.2. The highest BCUT2D eigenvalue weighted by Gasteiger charge is 2.14. The first kappa shape index (κ1) is 12.8. The summed E-state index contributed by atoms with van der Waals surface area (Å²) in [6.07, 6.45) is 7.87. The number of aryl methyl sites for hydroxylation is 3. The van der Waals surface area contributed by atoms with Gasteiger partial charge >= 0.3 is 0 Å². The van der Waals surface area contributed by atoms with Gasteiger partial charge in [-0.25, -0.2) is 4.98 Å². The van der Waals surface area contributed by atoms with Gasteiger partial charge in [-0.3, -0.25) is 0 Å². The molecule has 3 heteroatoms. The van der Waals surface area contributed by atoms with Crippen molar-refractivity contribution in [3.8, 4) is 0 Å². The highest BCUT2D eigenvalue weighted by atomic mass is 32.1. The molecule has 0 amide bonds. The Balaban J connectivity index is 1.77. The van der Waals surface area contributed by atoms with Crippen LogP contribution in [-0.4, -0.2) is 4.98 Å². The molecule has 1 unspecified atom stereocenters. The molecule has 1 aromatic heterocycles. The first-order chi connectivity index (χ1) is 9.22. The van der Waals surface area contributed by atoms with Crippen LogP contribution in [0.15, 0.2) is 24.4 Å². The van der Waals surface area contributed by atoms with Crippen LogP contribution in [0.25, 0.3) is 0 Å². The van der Waals surface area contributed by atoms with Crippen molar-refractivity contribution in [3.05, 3.63) is 51.0 Å². The molecular weight excluding hydrogens is 252 g/mol. The number of aromatic nitrogens is 1. The Labute approximate surface area is 118 Å². The molecule has 2 nitrogen and oxygen atoms in total. The van der Waals surface area contributed by atoms with Gasteiger partial charge in [-0.15, -0.1) is 11.3 Å². The topological polar surface area (TPSA) is 38.9 Å². The van der Waals surface area contributed by atoms with E-state index in [2.05, 4.69) is 30.1 Å². The van der Waals surface area contributed by atoms with Crippen LogP contribution >= 0.6 is 11.3 Å². The van der Waals surface area contributed by atoms with E-state index in [0.717, 1.165) is 11.4 Å². The minimum absolute atomic E-state index is 0.0674. The Morgan fingerprint density at radius 2 is 2.05 bits per heavy atom. The smallest absolute Gasteiger partial charge is 0.0946 e. The van der Waals surface area contributed by atoms with Crippen molar-refractivity contribution in [2.24, 2.45) is 5.73 Å². The maximum absolute atomic E-state index is 6.34. The summed E-state index contributed by atoms with van der Waals surface area (Å²) in [6.45, 7) is 2.09. The molecule has 0 aliphatic heterocycles. The number of hydrogen-bond donors (Lipinski definition) is 1. The standard InChI is InChI=1S/C16H20N2S/c1-11-10-18-16(19-11)9-15(17)14-7-6-12-4-2-3-5-13(12)8-14/h6-8,10,15H,2-5,9,17H2,1H3. The summed E-state index contributed by atoms with van der Waals surface area (Å²) in [4.78, 5) is 5.66. The van der Waals surface area contributed by atoms with Crippen LogP contribution in [-0.2, 0) is 19.3 Å². The van der Waals surface area contributed by atoms with Crippen molar-refractivity contribution in [1.29, 1.82) is 0 Å². The lowest BCUT2D eigenvalue weighted by molar-refractivity contribution is 0.674. The molecule has 100 valence electrons. The molecule has 19 heavy (non-hydrogen) atoms. The van der Waals surface area contributed by atoms with Crippen LogP contribution in [0.2, 0.25) is 0 Å². The van der Waals surface area contributed by atoms with Crippen LogP contribution < -0.4 is 5.73 Å². The van der Waals surface area contributed by atoms with Crippen LogP contribution in [0.1, 0.15) is 45.5 Å². The van der Waals surface area contributed by atoms with E-state index in [-0.39, 0.29) is 6.04 Å². The lowest BCUT2D eigenvalue weighted by Gasteiger charge is -2.18. The molecule has 2 aromatic rings. The Hall–Kier alpha value is -1.19. The van der Waals surface area contributed by atoms with E-state index in [9.17, 15) is 0 Å². The fourth-order valence-electron chi connectivity index (χ4n) is 2.79. The Kier molecular flexibility index (Phi) is 3.67. The maximum atomic E-state index is 6.34. The summed E-state index contributed by atoms with van der Waals surface area (Å²) < 4.78 is 0. The minimum atomic E-state index is 0.0674. The number of benzene rings is 1. The van der Waals surface area contributed by atoms with Gasteiger partial charge in [0, 0.05) is 23.5 Å². The van der Waals surface area contributed by atoms with Crippen molar-refractivity contribution in [2.75, 3.05) is 0 Å². The average Bonchev–Trinajstić information content (AvgIpc) is 2.83. The van der Waals surface area contributed by atoms with Crippen molar-refractivity contribution >= 4 is 11.3 Å². The zero-order valence-corrected chi connectivity index (χ0v) is 12.2. The third kappa shape index (κ3) is 2.88. The molecule has 1 aliphatic carbocycles. The second kappa shape index (κ2) is 5.43. The average molecular weight is 272 g/mol. The molecule has 0 spiro atoms. The fourth-order valence-corrected chi connectivity index (χ4v) is 3.63. The van der Waals surface area contributed by atoms with Crippen LogP contribution in [0.4, 0.5) is 0 Å². The van der Waals surface area contributed by atoms with E-state index < -0.39 is 0 Å². The normalized spacial score (nSPS) is 16.1. The summed E-state index contributed by atoms with van der Waals surface area (Å²) in [5.74, 6) is 0. The molecule has 1 aliphatic rings. The van der Waals surface area contributed by atoms with Gasteiger partial charge in [0.25, 0.3) is 0 Å². The van der Waals surface area contributed by atoms with Gasteiger partial charge in [0.15, 0.2) is 0 Å². The molecule has 2 N–H and O–H groups in total. The maximum Gasteiger partial charge on any atom is 0.0946 e. The van der Waals surface area contributed by atoms with E-state index in [1.807, 2.05) is 6.20 Å². The summed E-state index contributed by atoms with van der Waals surface area (Å²) in [7, 11) is 0. The van der Waals surface area contributed by atoms with Gasteiger partial charge < -0.3 is 5.73 Å². The van der Waals surface area contributed by atoms with E-state index in [0.29, 0.717) is 0 Å². The van der Waals surface area contributed by atoms with E-state index in [4.69, 9.17) is 5.73 Å². The fraction of sp³-hybridized carbons (Fsp3) is 0.438. The zero-order valence-electron chi connectivity index (χ0n) is 11.4. The molecule has 0 saturated carbocycles. The van der Waals surface area contributed by atoms with Gasteiger partial charge in [-0.1, -0.05) is 18.2 Å². The first-order valence-corrected chi connectivity index (χ1v) is 7.82. The molecule has 1 atom stereocenters. The number of thiazole rings is 1. The number of fused-ring (bicyclic) bond motifs is 1. The highest BCUT2D eigenvalue weighted by molar-refractivity contribution is 7.11. The lowest BCUT2D eigenvalue weighted by Crippen LogP contribution is -2.14. The molecule has 0 radical (unpaired) electrons. The second-order valence-electron chi connectivity index (χ2n) is 5.41. The van der Waals surface area contributed by atoms with Crippen LogP contribution in [0.3, 0.4) is 0 Å². The van der Waals surface area contributed by atoms with Crippen LogP contribution in [0, 0.1) is 6.92 Å². The molecular formula is C16H20N2S. The third-order valence-corrected chi connectivity index (χ3v) is 4.80. The highest BCUT2D eigenvalue weighted by Crippen LogP contribution is 2.26. The molecule has 1 heterocycles. The number of nitrogens with zero attached hydrogens (tertiary/aromatic N) is 1. The monoisotopic (exact) mass is 272 g/mol. The summed E-state index contributed by atoms with van der Waals surface area (Å²) in [5.41, 5.74) is 10.6. The largest absolute Gasteiger partial charge is 0.324 e. The second-order valence-corrected chi connectivity index (χ2v) is 6.73. The molecule has 1 aromatic carbocycles. The van der Waals surface area contributed by atoms with Gasteiger partial charge in [0.05, 0.1) is 5.01 Å². The van der Waals surface area contributed by atoms with Crippen LogP contribution in [0.5, 0.6) is 0 Å². The predicted octanol–water partition coefficient (Wildman–Crippen LogP) is 3.57. The quantitative estimate of drug-likeness (QED) is 0.927. The molecule has 0 bridgehead atoms. The predicted molar refractivity (Wildman–Crippen MR) is 80.6 cm³/mol. The van der Waals surface area contributed by atoms with Crippen molar-refractivity contribution in [2.45, 2.75) is 45.1 Å². The van der Waals surface area contributed by atoms with E-state index >= 15 is 0 Å². The van der Waals surface area contributed by atoms with Crippen molar-refractivity contribution in [3.63, 3.8) is 0 Å². The van der Waals surface area contributed by atoms with E-state index in [1.54, 1.807) is 11.3 Å². The van der Waals surface area contributed by atoms with Gasteiger partial charge in [-0.2, -0.15) is 0 Å². The summed E-state index contributed by atoms with van der Waals surface area (Å²) in [6, 6.07) is 6.86.